The van der Waals surface area contributed by atoms with Gasteiger partial charge in [0.1, 0.15) is 0 Å². The number of nitrogens with two attached hydrogens (primary N) is 1. The van der Waals surface area contributed by atoms with Gasteiger partial charge in [-0.2, -0.15) is 0 Å². The third kappa shape index (κ3) is 2.38. The Labute approximate surface area is 71.1 Å². The van der Waals surface area contributed by atoms with Crippen LogP contribution in [0, 0.1) is 0 Å². The van der Waals surface area contributed by atoms with Crippen molar-refractivity contribution in [2.45, 2.75) is 44.3 Å². The minimum absolute atomic E-state index is 0.130. The predicted octanol–water partition coefficient (Wildman–Crippen LogP) is 1.54. The van der Waals surface area contributed by atoms with Crippen molar-refractivity contribution in [3.05, 3.63) is 0 Å². The van der Waals surface area contributed by atoms with Gasteiger partial charge in [0, 0.05) is 18.9 Å². The lowest BCUT2D eigenvalue weighted by Crippen LogP contribution is -2.44. The molecule has 0 saturated carbocycles. The molecule has 1 fully saturated rings. The first-order valence-electron chi connectivity index (χ1n) is 4.30. The Morgan fingerprint density at radius 3 is 2.83 bits per heavy atom. The maximum Gasteiger partial charge on any atom is 0.252 e. The van der Waals surface area contributed by atoms with Gasteiger partial charge >= 0.3 is 0 Å². The number of ether oxygens (including phenoxy) is 1. The number of halogens is 2. The van der Waals surface area contributed by atoms with Crippen LogP contribution in [0.15, 0.2) is 0 Å². The molecule has 2 N–H and O–H groups in total. The van der Waals surface area contributed by atoms with Crippen molar-refractivity contribution in [1.29, 1.82) is 0 Å². The average Bonchev–Trinajstić information content (AvgIpc) is 2.01. The van der Waals surface area contributed by atoms with Gasteiger partial charge in [-0.15, -0.1) is 0 Å². The molecule has 0 bridgehead atoms. The van der Waals surface area contributed by atoms with Crippen LogP contribution in [0.25, 0.3) is 0 Å². The highest BCUT2D eigenvalue weighted by atomic mass is 19.3. The maximum atomic E-state index is 12.8. The molecule has 1 aliphatic heterocycles. The van der Waals surface area contributed by atoms with E-state index in [1.807, 2.05) is 6.92 Å². The molecule has 0 aromatic heterocycles. The Balaban J connectivity index is 2.46. The Hall–Kier alpha value is -0.220. The van der Waals surface area contributed by atoms with Crippen LogP contribution in [0.2, 0.25) is 0 Å². The van der Waals surface area contributed by atoms with Gasteiger partial charge in [-0.3, -0.25) is 0 Å². The molecule has 0 aromatic rings. The van der Waals surface area contributed by atoms with Crippen LogP contribution in [0.4, 0.5) is 8.78 Å². The summed E-state index contributed by atoms with van der Waals surface area (Å²) in [6, 6.07) is -0.254. The molecule has 0 radical (unpaired) electrons. The Morgan fingerprint density at radius 1 is 1.67 bits per heavy atom. The van der Waals surface area contributed by atoms with Crippen LogP contribution in [0.1, 0.15) is 26.2 Å². The molecule has 1 unspecified atom stereocenters. The van der Waals surface area contributed by atoms with Crippen LogP contribution >= 0.6 is 0 Å². The van der Waals surface area contributed by atoms with E-state index in [2.05, 4.69) is 0 Å². The molecule has 72 valence electrons. The van der Waals surface area contributed by atoms with E-state index in [0.717, 1.165) is 0 Å². The quantitative estimate of drug-likeness (QED) is 0.697. The molecule has 1 rings (SSSR count). The first-order chi connectivity index (χ1) is 5.55. The van der Waals surface area contributed by atoms with Gasteiger partial charge in [-0.1, -0.05) is 6.92 Å². The minimum Gasteiger partial charge on any atom is -0.376 e. The fraction of sp³-hybridized carbons (Fsp3) is 1.00. The van der Waals surface area contributed by atoms with E-state index in [0.29, 0.717) is 6.42 Å². The van der Waals surface area contributed by atoms with Gasteiger partial charge in [0.2, 0.25) is 0 Å². The lowest BCUT2D eigenvalue weighted by Gasteiger charge is -2.32. The number of alkyl halides is 2. The van der Waals surface area contributed by atoms with E-state index >= 15 is 0 Å². The molecule has 4 heteroatoms. The summed E-state index contributed by atoms with van der Waals surface area (Å²) in [4.78, 5) is 0. The number of rotatable bonds is 2. The molecule has 12 heavy (non-hydrogen) atoms. The van der Waals surface area contributed by atoms with Gasteiger partial charge in [-0.25, -0.2) is 8.78 Å². The zero-order chi connectivity index (χ0) is 9.19. The Kier molecular flexibility index (Phi) is 3.01. The van der Waals surface area contributed by atoms with E-state index in [9.17, 15) is 8.78 Å². The summed E-state index contributed by atoms with van der Waals surface area (Å²) >= 11 is 0. The normalized spacial score (nSPS) is 31.5. The van der Waals surface area contributed by atoms with Gasteiger partial charge in [-0.05, 0) is 6.42 Å². The fourth-order valence-electron chi connectivity index (χ4n) is 1.35. The second-order valence-corrected chi connectivity index (χ2v) is 3.29. The highest BCUT2D eigenvalue weighted by molar-refractivity contribution is 4.83. The van der Waals surface area contributed by atoms with E-state index in [1.54, 1.807) is 0 Å². The smallest absolute Gasteiger partial charge is 0.252 e. The summed E-state index contributed by atoms with van der Waals surface area (Å²) in [6.07, 6.45) is -0.165. The Bertz CT molecular complexity index is 152. The van der Waals surface area contributed by atoms with Gasteiger partial charge in [0.25, 0.3) is 5.92 Å². The molecule has 0 spiro atoms. The Morgan fingerprint density at radius 2 is 2.33 bits per heavy atom. The van der Waals surface area contributed by atoms with Crippen molar-refractivity contribution in [3.63, 3.8) is 0 Å². The second-order valence-electron chi connectivity index (χ2n) is 3.29. The third-order valence-corrected chi connectivity index (χ3v) is 2.25. The summed E-state index contributed by atoms with van der Waals surface area (Å²) in [7, 11) is 0. The molecular formula is C8H15F2NO. The molecule has 0 aliphatic carbocycles. The van der Waals surface area contributed by atoms with Gasteiger partial charge < -0.3 is 10.5 Å². The first kappa shape index (κ1) is 9.86. The van der Waals surface area contributed by atoms with Crippen molar-refractivity contribution < 1.29 is 13.5 Å². The molecule has 2 nitrogen and oxygen atoms in total. The molecule has 1 saturated heterocycles. The SMILES string of the molecule is CC[C@@H](N)C1CC(F)(F)CCO1. The highest BCUT2D eigenvalue weighted by Gasteiger charge is 2.38. The standard InChI is InChI=1S/C8H15F2NO/c1-2-6(11)7-5-8(9,10)3-4-12-7/h6-7H,2-5,11H2,1H3/t6-,7?/m1/s1. The summed E-state index contributed by atoms with van der Waals surface area (Å²) in [5, 5.41) is 0. The van der Waals surface area contributed by atoms with Crippen LogP contribution < -0.4 is 5.73 Å². The number of hydrogen-bond donors (Lipinski definition) is 1. The van der Waals surface area contributed by atoms with E-state index in [4.69, 9.17) is 10.5 Å². The number of hydrogen-bond acceptors (Lipinski definition) is 2. The molecular weight excluding hydrogens is 164 g/mol. The van der Waals surface area contributed by atoms with Crippen molar-refractivity contribution in [1.82, 2.24) is 0 Å². The van der Waals surface area contributed by atoms with Gasteiger partial charge in [0.05, 0.1) is 12.7 Å². The first-order valence-corrected chi connectivity index (χ1v) is 4.30. The van der Waals surface area contributed by atoms with E-state index in [-0.39, 0.29) is 25.5 Å². The van der Waals surface area contributed by atoms with Crippen LogP contribution in [0.3, 0.4) is 0 Å². The largest absolute Gasteiger partial charge is 0.376 e. The predicted molar refractivity (Wildman–Crippen MR) is 42.2 cm³/mol. The third-order valence-electron chi connectivity index (χ3n) is 2.25. The van der Waals surface area contributed by atoms with Crippen molar-refractivity contribution in [3.8, 4) is 0 Å². The highest BCUT2D eigenvalue weighted by Crippen LogP contribution is 2.31. The topological polar surface area (TPSA) is 35.2 Å². The zero-order valence-electron chi connectivity index (χ0n) is 7.22. The van der Waals surface area contributed by atoms with E-state index < -0.39 is 12.0 Å². The monoisotopic (exact) mass is 179 g/mol. The molecule has 0 amide bonds. The zero-order valence-corrected chi connectivity index (χ0v) is 7.22. The molecule has 1 heterocycles. The maximum absolute atomic E-state index is 12.8. The minimum atomic E-state index is -2.57. The summed E-state index contributed by atoms with van der Waals surface area (Å²) < 4.78 is 30.8. The van der Waals surface area contributed by atoms with Crippen LogP contribution in [-0.2, 0) is 4.74 Å². The summed E-state index contributed by atoms with van der Waals surface area (Å²) in [5.41, 5.74) is 5.61. The summed E-state index contributed by atoms with van der Waals surface area (Å²) in [5.74, 6) is -2.57. The average molecular weight is 179 g/mol. The molecule has 1 aliphatic rings. The van der Waals surface area contributed by atoms with Gasteiger partial charge in [0.15, 0.2) is 0 Å². The van der Waals surface area contributed by atoms with E-state index in [1.165, 1.54) is 0 Å². The van der Waals surface area contributed by atoms with Crippen molar-refractivity contribution in [2.24, 2.45) is 5.73 Å². The second kappa shape index (κ2) is 3.66. The fourth-order valence-corrected chi connectivity index (χ4v) is 1.35. The lowest BCUT2D eigenvalue weighted by atomic mass is 9.98. The molecule has 0 aromatic carbocycles. The van der Waals surface area contributed by atoms with Crippen LogP contribution in [-0.4, -0.2) is 24.7 Å². The molecule has 2 atom stereocenters. The van der Waals surface area contributed by atoms with Crippen molar-refractivity contribution >= 4 is 0 Å². The van der Waals surface area contributed by atoms with Crippen LogP contribution in [0.5, 0.6) is 0 Å². The summed E-state index contributed by atoms with van der Waals surface area (Å²) in [6.45, 7) is 2.01. The lowest BCUT2D eigenvalue weighted by molar-refractivity contribution is -0.133. The van der Waals surface area contributed by atoms with Crippen molar-refractivity contribution in [2.75, 3.05) is 6.61 Å².